The van der Waals surface area contributed by atoms with E-state index < -0.39 is 0 Å². The fourth-order valence-electron chi connectivity index (χ4n) is 2.75. The first-order valence-corrected chi connectivity index (χ1v) is 8.50. The van der Waals surface area contributed by atoms with Crippen LogP contribution in [-0.4, -0.2) is 28.6 Å². The molecule has 3 rings (SSSR count). The van der Waals surface area contributed by atoms with Gasteiger partial charge in [-0.25, -0.2) is 0 Å². The minimum absolute atomic E-state index is 0.0946. The first-order valence-electron chi connectivity index (χ1n) is 6.64. The highest BCUT2D eigenvalue weighted by atomic mass is 32.2. The summed E-state index contributed by atoms with van der Waals surface area (Å²) in [6.45, 7) is 4.29. The highest BCUT2D eigenvalue weighted by molar-refractivity contribution is 8.00. The van der Waals surface area contributed by atoms with E-state index in [9.17, 15) is 4.79 Å². The van der Waals surface area contributed by atoms with Crippen molar-refractivity contribution in [2.75, 3.05) is 17.6 Å². The summed E-state index contributed by atoms with van der Waals surface area (Å²) in [5.41, 5.74) is 2.06. The number of aryl methyl sites for hydroxylation is 1. The van der Waals surface area contributed by atoms with Gasteiger partial charge in [-0.15, -0.1) is 36.1 Å². The number of carbonyl (C=O) groups excluding carboxylic acids is 1. The molecule has 20 heavy (non-hydrogen) atoms. The number of thioether (sulfide) groups is 1. The summed E-state index contributed by atoms with van der Waals surface area (Å²) >= 11 is 3.31. The Morgan fingerprint density at radius 2 is 2.45 bits per heavy atom. The molecule has 0 fully saturated rings. The molecule has 2 heterocycles. The molecule has 3 nitrogen and oxygen atoms in total. The van der Waals surface area contributed by atoms with Crippen molar-refractivity contribution >= 4 is 34.0 Å². The molecule has 0 saturated heterocycles. The quantitative estimate of drug-likeness (QED) is 0.686. The Morgan fingerprint density at radius 3 is 3.20 bits per heavy atom. The molecule has 2 aliphatic rings. The zero-order valence-electron chi connectivity index (χ0n) is 11.1. The van der Waals surface area contributed by atoms with Crippen molar-refractivity contribution in [3.05, 3.63) is 28.7 Å². The molecular weight excluding hydrogens is 288 g/mol. The van der Waals surface area contributed by atoms with Gasteiger partial charge in [-0.05, 0) is 24.8 Å². The number of amides is 1. The predicted molar refractivity (Wildman–Crippen MR) is 86.3 cm³/mol. The van der Waals surface area contributed by atoms with Gasteiger partial charge in [0.15, 0.2) is 5.50 Å². The third kappa shape index (κ3) is 2.13. The highest BCUT2D eigenvalue weighted by Crippen LogP contribution is 2.43. The van der Waals surface area contributed by atoms with Gasteiger partial charge in [-0.1, -0.05) is 12.0 Å². The van der Waals surface area contributed by atoms with Crippen LogP contribution in [0.2, 0.25) is 0 Å². The van der Waals surface area contributed by atoms with Gasteiger partial charge in [0, 0.05) is 11.4 Å². The number of anilines is 1. The number of hydrogen-bond acceptors (Lipinski definition) is 4. The van der Waals surface area contributed by atoms with Gasteiger partial charge < -0.3 is 10.2 Å². The molecule has 1 amide bonds. The second-order valence-corrected chi connectivity index (χ2v) is 6.99. The van der Waals surface area contributed by atoms with Gasteiger partial charge in [0.2, 0.25) is 0 Å². The van der Waals surface area contributed by atoms with Crippen LogP contribution in [0.3, 0.4) is 0 Å². The molecule has 0 bridgehead atoms. The third-order valence-electron chi connectivity index (χ3n) is 3.58. The first-order chi connectivity index (χ1) is 9.76. The van der Waals surface area contributed by atoms with E-state index in [2.05, 4.69) is 17.8 Å². The van der Waals surface area contributed by atoms with E-state index in [4.69, 9.17) is 6.42 Å². The number of nitrogens with one attached hydrogen (secondary N) is 1. The van der Waals surface area contributed by atoms with E-state index in [0.29, 0.717) is 12.3 Å². The average Bonchev–Trinajstić information content (AvgIpc) is 3.00. The van der Waals surface area contributed by atoms with Gasteiger partial charge in [0.05, 0.1) is 11.3 Å². The molecule has 0 aromatic carbocycles. The summed E-state index contributed by atoms with van der Waals surface area (Å²) in [7, 11) is 0. The van der Waals surface area contributed by atoms with Crippen molar-refractivity contribution < 1.29 is 4.79 Å². The maximum absolute atomic E-state index is 12.8. The molecule has 1 aromatic rings. The van der Waals surface area contributed by atoms with Crippen LogP contribution in [0.15, 0.2) is 12.7 Å². The Hall–Kier alpha value is -1.38. The zero-order valence-corrected chi connectivity index (χ0v) is 12.8. The van der Waals surface area contributed by atoms with Crippen LogP contribution in [-0.2, 0) is 12.8 Å². The van der Waals surface area contributed by atoms with Crippen LogP contribution in [0.25, 0.3) is 0 Å². The normalized spacial score (nSPS) is 20.1. The lowest BCUT2D eigenvalue weighted by Crippen LogP contribution is -2.46. The minimum Gasteiger partial charge on any atom is -0.348 e. The van der Waals surface area contributed by atoms with Gasteiger partial charge in [-0.3, -0.25) is 4.79 Å². The van der Waals surface area contributed by atoms with E-state index in [1.54, 1.807) is 29.2 Å². The first kappa shape index (κ1) is 13.6. The summed E-state index contributed by atoms with van der Waals surface area (Å²) in [4.78, 5) is 16.0. The molecule has 5 heteroatoms. The zero-order chi connectivity index (χ0) is 14.1. The van der Waals surface area contributed by atoms with Crippen molar-refractivity contribution in [2.45, 2.75) is 24.8 Å². The monoisotopic (exact) mass is 304 g/mol. The van der Waals surface area contributed by atoms with E-state index in [1.165, 1.54) is 16.9 Å². The fraction of sp³-hybridized carbons (Fsp3) is 0.400. The van der Waals surface area contributed by atoms with Gasteiger partial charge in [0.1, 0.15) is 5.00 Å². The van der Waals surface area contributed by atoms with Gasteiger partial charge >= 0.3 is 0 Å². The van der Waals surface area contributed by atoms with Crippen LogP contribution >= 0.6 is 23.1 Å². The van der Waals surface area contributed by atoms with Crippen LogP contribution < -0.4 is 5.32 Å². The van der Waals surface area contributed by atoms with Crippen molar-refractivity contribution in [1.29, 1.82) is 0 Å². The van der Waals surface area contributed by atoms with Gasteiger partial charge in [-0.2, -0.15) is 0 Å². The van der Waals surface area contributed by atoms with E-state index in [1.807, 2.05) is 4.90 Å². The van der Waals surface area contributed by atoms with Crippen molar-refractivity contribution in [2.24, 2.45) is 0 Å². The number of thiophene rings is 1. The third-order valence-corrected chi connectivity index (χ3v) is 5.83. The molecule has 1 atom stereocenters. The Morgan fingerprint density at radius 1 is 1.60 bits per heavy atom. The minimum atomic E-state index is -0.0946. The van der Waals surface area contributed by atoms with Crippen LogP contribution in [0.4, 0.5) is 5.00 Å². The van der Waals surface area contributed by atoms with Crippen molar-refractivity contribution in [3.63, 3.8) is 0 Å². The standard InChI is InChI=1S/C15H16N2OS2/c1-3-8-17-14(18)12-10-6-5-7-11(10)20-13(12)16-15(17)19-9-4-2/h2-3,15-16H,1,5-9H2/t15-/m0/s1. The molecule has 1 aliphatic heterocycles. The molecule has 0 radical (unpaired) electrons. The highest BCUT2D eigenvalue weighted by Gasteiger charge is 2.37. The molecule has 0 saturated carbocycles. The topological polar surface area (TPSA) is 32.3 Å². The van der Waals surface area contributed by atoms with Crippen LogP contribution in [0, 0.1) is 12.3 Å². The fourth-order valence-corrected chi connectivity index (χ4v) is 4.94. The lowest BCUT2D eigenvalue weighted by molar-refractivity contribution is 0.0760. The number of nitrogens with zero attached hydrogens (tertiary/aromatic N) is 1. The lowest BCUT2D eigenvalue weighted by atomic mass is 10.1. The second kappa shape index (κ2) is 5.55. The van der Waals surface area contributed by atoms with Crippen LogP contribution in [0.1, 0.15) is 27.2 Å². The summed E-state index contributed by atoms with van der Waals surface area (Å²) in [5, 5.41) is 4.49. The number of carbonyl (C=O) groups is 1. The summed E-state index contributed by atoms with van der Waals surface area (Å²) in [6.07, 6.45) is 10.4. The SMILES string of the molecule is C#CCS[C@H]1Nc2sc3c(c2C(=O)N1CC=C)CCC3. The number of fused-ring (bicyclic) bond motifs is 3. The number of rotatable bonds is 4. The Balaban J connectivity index is 1.95. The molecular formula is C15H16N2OS2. The molecule has 0 spiro atoms. The second-order valence-electron chi connectivity index (χ2n) is 4.82. The average molecular weight is 304 g/mol. The smallest absolute Gasteiger partial charge is 0.259 e. The Kier molecular flexibility index (Phi) is 3.77. The molecule has 1 aliphatic carbocycles. The maximum atomic E-state index is 12.8. The number of hydrogen-bond donors (Lipinski definition) is 1. The number of terminal acetylenes is 1. The largest absolute Gasteiger partial charge is 0.348 e. The van der Waals surface area contributed by atoms with E-state index in [0.717, 1.165) is 23.4 Å². The van der Waals surface area contributed by atoms with E-state index >= 15 is 0 Å². The Labute approximate surface area is 127 Å². The molecule has 1 aromatic heterocycles. The van der Waals surface area contributed by atoms with Crippen molar-refractivity contribution in [1.82, 2.24) is 4.90 Å². The van der Waals surface area contributed by atoms with Crippen LogP contribution in [0.5, 0.6) is 0 Å². The van der Waals surface area contributed by atoms with Crippen molar-refractivity contribution in [3.8, 4) is 12.3 Å². The van der Waals surface area contributed by atoms with E-state index in [-0.39, 0.29) is 11.4 Å². The molecule has 0 unspecified atom stereocenters. The van der Waals surface area contributed by atoms with Gasteiger partial charge in [0.25, 0.3) is 5.91 Å². The molecule has 104 valence electrons. The Bertz CT molecular complexity index is 600. The summed E-state index contributed by atoms with van der Waals surface area (Å²) in [5.74, 6) is 3.32. The summed E-state index contributed by atoms with van der Waals surface area (Å²) < 4.78 is 0. The molecule has 1 N–H and O–H groups in total. The summed E-state index contributed by atoms with van der Waals surface area (Å²) in [6, 6.07) is 0. The maximum Gasteiger partial charge on any atom is 0.259 e. The predicted octanol–water partition coefficient (Wildman–Crippen LogP) is 2.94. The lowest BCUT2D eigenvalue weighted by Gasteiger charge is -2.35.